The van der Waals surface area contributed by atoms with Crippen molar-refractivity contribution in [3.8, 4) is 0 Å². The van der Waals surface area contributed by atoms with Gasteiger partial charge in [0.2, 0.25) is 0 Å². The van der Waals surface area contributed by atoms with Crippen LogP contribution in [0.2, 0.25) is 0 Å². The molecule has 0 aromatic carbocycles. The van der Waals surface area contributed by atoms with Crippen molar-refractivity contribution in [2.75, 3.05) is 0 Å². The third-order valence-corrected chi connectivity index (χ3v) is 2.15. The number of carbonyl (C=O) groups is 2. The molecule has 6 nitrogen and oxygen atoms in total. The molecule has 92 valence electrons. The quantitative estimate of drug-likeness (QED) is 0.675. The van der Waals surface area contributed by atoms with Crippen molar-refractivity contribution in [1.82, 2.24) is 10.3 Å². The van der Waals surface area contributed by atoms with Crippen molar-refractivity contribution in [2.24, 2.45) is 5.73 Å². The number of nitrogens with zero attached hydrogens (tertiary/aromatic N) is 1. The smallest absolute Gasteiger partial charge is 0.305 e. The van der Waals surface area contributed by atoms with Gasteiger partial charge in [-0.2, -0.15) is 0 Å². The second-order valence-corrected chi connectivity index (χ2v) is 3.71. The lowest BCUT2D eigenvalue weighted by Gasteiger charge is -2.11. The summed E-state index contributed by atoms with van der Waals surface area (Å²) in [6, 6.07) is 2.72. The van der Waals surface area contributed by atoms with E-state index < -0.39 is 12.0 Å². The third-order valence-electron chi connectivity index (χ3n) is 2.15. The summed E-state index contributed by atoms with van der Waals surface area (Å²) in [6.45, 7) is 1.89. The van der Waals surface area contributed by atoms with Gasteiger partial charge in [-0.1, -0.05) is 0 Å². The molecule has 0 spiro atoms. The zero-order chi connectivity index (χ0) is 12.8. The standard InChI is InChI=1S/C11H15N3O3/c1-7(4-10(15)16)14-11(17)8-2-3-13-9(5-8)6-12/h2-3,5,7H,4,6,12H2,1H3,(H,14,17)(H,15,16). The molecule has 4 N–H and O–H groups in total. The van der Waals surface area contributed by atoms with Crippen molar-refractivity contribution < 1.29 is 14.7 Å². The molecule has 1 aromatic heterocycles. The van der Waals surface area contributed by atoms with Crippen LogP contribution in [0.5, 0.6) is 0 Å². The number of carbonyl (C=O) groups excluding carboxylic acids is 1. The van der Waals surface area contributed by atoms with Crippen LogP contribution < -0.4 is 11.1 Å². The Hall–Kier alpha value is -1.95. The van der Waals surface area contributed by atoms with E-state index in [2.05, 4.69) is 10.3 Å². The third kappa shape index (κ3) is 4.20. The van der Waals surface area contributed by atoms with E-state index in [1.54, 1.807) is 19.1 Å². The number of carboxylic acids is 1. The molecule has 0 aliphatic rings. The molecule has 1 atom stereocenters. The summed E-state index contributed by atoms with van der Waals surface area (Å²) in [5.74, 6) is -1.27. The van der Waals surface area contributed by atoms with Gasteiger partial charge in [0.25, 0.3) is 5.91 Å². The number of nitrogens with two attached hydrogens (primary N) is 1. The molecular weight excluding hydrogens is 222 g/mol. The second-order valence-electron chi connectivity index (χ2n) is 3.71. The minimum Gasteiger partial charge on any atom is -0.481 e. The average Bonchev–Trinajstić information content (AvgIpc) is 2.27. The SMILES string of the molecule is CC(CC(=O)O)NC(=O)c1ccnc(CN)c1. The Morgan fingerprint density at radius 2 is 2.29 bits per heavy atom. The molecule has 6 heteroatoms. The van der Waals surface area contributed by atoms with Gasteiger partial charge in [-0.15, -0.1) is 0 Å². The van der Waals surface area contributed by atoms with Gasteiger partial charge in [0.1, 0.15) is 0 Å². The lowest BCUT2D eigenvalue weighted by atomic mass is 10.2. The number of aliphatic carboxylic acids is 1. The maximum absolute atomic E-state index is 11.7. The lowest BCUT2D eigenvalue weighted by Crippen LogP contribution is -2.34. The van der Waals surface area contributed by atoms with Crippen molar-refractivity contribution in [3.05, 3.63) is 29.6 Å². The molecule has 1 unspecified atom stereocenters. The van der Waals surface area contributed by atoms with E-state index in [-0.39, 0.29) is 18.9 Å². The van der Waals surface area contributed by atoms with Crippen molar-refractivity contribution in [2.45, 2.75) is 25.9 Å². The van der Waals surface area contributed by atoms with E-state index in [1.165, 1.54) is 6.20 Å². The minimum absolute atomic E-state index is 0.111. The number of nitrogens with one attached hydrogen (secondary N) is 1. The predicted octanol–water partition coefficient (Wildman–Crippen LogP) is 0.133. The van der Waals surface area contributed by atoms with E-state index in [9.17, 15) is 9.59 Å². The van der Waals surface area contributed by atoms with Crippen LogP contribution >= 0.6 is 0 Å². The topological polar surface area (TPSA) is 105 Å². The highest BCUT2D eigenvalue weighted by molar-refractivity contribution is 5.94. The van der Waals surface area contributed by atoms with E-state index in [4.69, 9.17) is 10.8 Å². The maximum Gasteiger partial charge on any atom is 0.305 e. The van der Waals surface area contributed by atoms with E-state index in [0.717, 1.165) is 0 Å². The summed E-state index contributed by atoms with van der Waals surface area (Å²) in [5.41, 5.74) is 6.46. The Morgan fingerprint density at radius 3 is 2.88 bits per heavy atom. The van der Waals surface area contributed by atoms with Crippen LogP contribution in [0.3, 0.4) is 0 Å². The molecule has 1 heterocycles. The predicted molar refractivity (Wildman–Crippen MR) is 61.3 cm³/mol. The van der Waals surface area contributed by atoms with Gasteiger partial charge in [0.15, 0.2) is 0 Å². The van der Waals surface area contributed by atoms with Gasteiger partial charge in [-0.3, -0.25) is 14.6 Å². The van der Waals surface area contributed by atoms with Crippen molar-refractivity contribution >= 4 is 11.9 Å². The highest BCUT2D eigenvalue weighted by Gasteiger charge is 2.12. The fraction of sp³-hybridized carbons (Fsp3) is 0.364. The molecule has 0 saturated carbocycles. The Morgan fingerprint density at radius 1 is 1.59 bits per heavy atom. The summed E-state index contributed by atoms with van der Waals surface area (Å²) in [7, 11) is 0. The summed E-state index contributed by atoms with van der Waals surface area (Å²) in [4.78, 5) is 26.2. The molecule has 1 rings (SSSR count). The summed E-state index contributed by atoms with van der Waals surface area (Å²) in [6.07, 6.45) is 1.39. The molecule has 0 saturated heterocycles. The van der Waals surface area contributed by atoms with Crippen LogP contribution in [-0.4, -0.2) is 28.0 Å². The van der Waals surface area contributed by atoms with E-state index in [0.29, 0.717) is 11.3 Å². The van der Waals surface area contributed by atoms with E-state index >= 15 is 0 Å². The molecule has 1 aromatic rings. The number of amides is 1. The maximum atomic E-state index is 11.7. The van der Waals surface area contributed by atoms with Crippen LogP contribution in [0.1, 0.15) is 29.4 Å². The summed E-state index contributed by atoms with van der Waals surface area (Å²) >= 11 is 0. The fourth-order valence-electron chi connectivity index (χ4n) is 1.35. The van der Waals surface area contributed by atoms with Crippen LogP contribution in [-0.2, 0) is 11.3 Å². The first-order valence-electron chi connectivity index (χ1n) is 5.20. The number of hydrogen-bond acceptors (Lipinski definition) is 4. The molecule has 0 bridgehead atoms. The first kappa shape index (κ1) is 13.1. The zero-order valence-electron chi connectivity index (χ0n) is 9.51. The monoisotopic (exact) mass is 237 g/mol. The largest absolute Gasteiger partial charge is 0.481 e. The molecule has 0 radical (unpaired) electrons. The molecular formula is C11H15N3O3. The Labute approximate surface area is 98.8 Å². The highest BCUT2D eigenvalue weighted by atomic mass is 16.4. The van der Waals surface area contributed by atoms with Gasteiger partial charge >= 0.3 is 5.97 Å². The number of pyridine rings is 1. The molecule has 0 aliphatic heterocycles. The van der Waals surface area contributed by atoms with Crippen molar-refractivity contribution in [1.29, 1.82) is 0 Å². The molecule has 1 amide bonds. The van der Waals surface area contributed by atoms with Gasteiger partial charge < -0.3 is 16.2 Å². The Balaban J connectivity index is 2.66. The number of hydrogen-bond donors (Lipinski definition) is 3. The zero-order valence-corrected chi connectivity index (χ0v) is 9.51. The number of rotatable bonds is 5. The Bertz CT molecular complexity index is 420. The average molecular weight is 237 g/mol. The first-order chi connectivity index (χ1) is 8.02. The highest BCUT2D eigenvalue weighted by Crippen LogP contribution is 2.02. The second kappa shape index (κ2) is 5.95. The number of carboxylic acid groups (broad SMARTS) is 1. The summed E-state index contributed by atoms with van der Waals surface area (Å²) in [5, 5.41) is 11.2. The first-order valence-corrected chi connectivity index (χ1v) is 5.20. The summed E-state index contributed by atoms with van der Waals surface area (Å²) < 4.78 is 0. The van der Waals surface area contributed by atoms with Crippen molar-refractivity contribution in [3.63, 3.8) is 0 Å². The fourth-order valence-corrected chi connectivity index (χ4v) is 1.35. The Kier molecular flexibility index (Phi) is 4.59. The van der Waals surface area contributed by atoms with Gasteiger partial charge in [-0.25, -0.2) is 0 Å². The minimum atomic E-state index is -0.949. The van der Waals surface area contributed by atoms with Gasteiger partial charge in [0.05, 0.1) is 12.1 Å². The van der Waals surface area contributed by atoms with E-state index in [1.807, 2.05) is 0 Å². The normalized spacial score (nSPS) is 11.9. The lowest BCUT2D eigenvalue weighted by molar-refractivity contribution is -0.137. The molecule has 0 fully saturated rings. The van der Waals surface area contributed by atoms with Gasteiger partial charge in [-0.05, 0) is 19.1 Å². The number of aromatic nitrogens is 1. The van der Waals surface area contributed by atoms with Crippen LogP contribution in [0.4, 0.5) is 0 Å². The van der Waals surface area contributed by atoms with Crippen LogP contribution in [0.15, 0.2) is 18.3 Å². The van der Waals surface area contributed by atoms with Gasteiger partial charge in [0, 0.05) is 24.3 Å². The molecule has 0 aliphatic carbocycles. The van der Waals surface area contributed by atoms with Crippen LogP contribution in [0.25, 0.3) is 0 Å². The molecule has 17 heavy (non-hydrogen) atoms. The van der Waals surface area contributed by atoms with Crippen LogP contribution in [0, 0.1) is 0 Å².